The summed E-state index contributed by atoms with van der Waals surface area (Å²) in [6.07, 6.45) is 67.8. The number of unbranched alkanes of at least 4 members (excludes halogenated alkanes) is 44. The van der Waals surface area contributed by atoms with Gasteiger partial charge in [0.15, 0.2) is 0 Å². The molecule has 0 spiro atoms. The SMILES string of the molecule is CCCCC/C=C\CCCCCCCC(=O)OCCCCCCCCCCCCCCCCCCCCC(=O)NC(CO)C(O)CCCCCCCCCCCCCCCCCCCCCC. The van der Waals surface area contributed by atoms with Gasteiger partial charge in [0, 0.05) is 12.8 Å². The van der Waals surface area contributed by atoms with Crippen molar-refractivity contribution in [2.24, 2.45) is 0 Å². The molecule has 0 heterocycles. The highest BCUT2D eigenvalue weighted by molar-refractivity contribution is 5.76. The predicted octanol–water partition coefficient (Wildman–Crippen LogP) is 18.9. The number of carbonyl (C=O) groups is 2. The van der Waals surface area contributed by atoms with Crippen molar-refractivity contribution in [2.45, 2.75) is 353 Å². The monoisotopic (exact) mass is 946 g/mol. The van der Waals surface area contributed by atoms with Gasteiger partial charge in [-0.05, 0) is 51.4 Å². The Morgan fingerprint density at radius 1 is 0.403 bits per heavy atom. The summed E-state index contributed by atoms with van der Waals surface area (Å²) in [6.45, 7) is 4.94. The topological polar surface area (TPSA) is 95.9 Å². The van der Waals surface area contributed by atoms with E-state index in [9.17, 15) is 19.8 Å². The summed E-state index contributed by atoms with van der Waals surface area (Å²) in [5, 5.41) is 23.4. The lowest BCUT2D eigenvalue weighted by Gasteiger charge is -2.22. The van der Waals surface area contributed by atoms with Crippen molar-refractivity contribution in [1.82, 2.24) is 5.32 Å². The summed E-state index contributed by atoms with van der Waals surface area (Å²) < 4.78 is 5.46. The van der Waals surface area contributed by atoms with E-state index in [4.69, 9.17) is 4.74 Å². The average Bonchev–Trinajstić information content (AvgIpc) is 3.33. The number of esters is 1. The van der Waals surface area contributed by atoms with Gasteiger partial charge in [-0.2, -0.15) is 0 Å². The molecular formula is C61H119NO5. The number of aliphatic hydroxyl groups is 2. The number of amides is 1. The molecule has 0 aliphatic heterocycles. The summed E-state index contributed by atoms with van der Waals surface area (Å²) in [5.74, 6) is -0.0375. The Kier molecular flexibility index (Phi) is 56.0. The molecule has 0 rings (SSSR count). The molecule has 0 radical (unpaired) electrons. The van der Waals surface area contributed by atoms with E-state index >= 15 is 0 Å². The Labute approximate surface area is 419 Å². The minimum atomic E-state index is -0.667. The van der Waals surface area contributed by atoms with Crippen molar-refractivity contribution in [3.05, 3.63) is 12.2 Å². The maximum absolute atomic E-state index is 12.5. The van der Waals surface area contributed by atoms with Crippen molar-refractivity contribution in [3.63, 3.8) is 0 Å². The van der Waals surface area contributed by atoms with Gasteiger partial charge >= 0.3 is 5.97 Å². The molecule has 67 heavy (non-hydrogen) atoms. The number of hydrogen-bond acceptors (Lipinski definition) is 5. The molecule has 0 saturated heterocycles. The van der Waals surface area contributed by atoms with E-state index in [2.05, 4.69) is 31.3 Å². The van der Waals surface area contributed by atoms with Gasteiger partial charge in [-0.25, -0.2) is 0 Å². The smallest absolute Gasteiger partial charge is 0.305 e. The molecule has 6 nitrogen and oxygen atoms in total. The highest BCUT2D eigenvalue weighted by atomic mass is 16.5. The van der Waals surface area contributed by atoms with Crippen molar-refractivity contribution in [2.75, 3.05) is 13.2 Å². The highest BCUT2D eigenvalue weighted by Gasteiger charge is 2.20. The first-order valence-electron chi connectivity index (χ1n) is 30.4. The fourth-order valence-electron chi connectivity index (χ4n) is 9.64. The normalized spacial score (nSPS) is 12.6. The third kappa shape index (κ3) is 53.8. The lowest BCUT2D eigenvalue weighted by atomic mass is 10.0. The van der Waals surface area contributed by atoms with Gasteiger partial charge < -0.3 is 20.3 Å². The number of allylic oxidation sites excluding steroid dienone is 2. The average molecular weight is 947 g/mol. The quantitative estimate of drug-likeness (QED) is 0.0321. The lowest BCUT2D eigenvalue weighted by molar-refractivity contribution is -0.143. The summed E-state index contributed by atoms with van der Waals surface area (Å²) in [4.78, 5) is 24.5. The molecule has 0 bridgehead atoms. The zero-order valence-corrected chi connectivity index (χ0v) is 45.4. The molecule has 2 unspecified atom stereocenters. The molecule has 1 amide bonds. The zero-order chi connectivity index (χ0) is 48.6. The van der Waals surface area contributed by atoms with E-state index < -0.39 is 12.1 Å². The van der Waals surface area contributed by atoms with Gasteiger partial charge in [0.2, 0.25) is 5.91 Å². The standard InChI is InChI=1S/C61H119NO5/c1-3-5-7-9-11-13-15-17-18-19-20-21-24-27-30-33-37-41-45-49-53-59(64)58(57-63)62-60(65)54-50-46-42-38-34-31-28-25-22-23-26-29-32-36-40-44-48-52-56-67-61(66)55-51-47-43-39-35-16-14-12-10-8-6-4-2/h12,14,58-59,63-64H,3-11,13,15-57H2,1-2H3,(H,62,65)/b14-12-. The first-order valence-corrected chi connectivity index (χ1v) is 30.4. The number of nitrogens with one attached hydrogen (secondary N) is 1. The van der Waals surface area contributed by atoms with E-state index in [1.807, 2.05) is 0 Å². The van der Waals surface area contributed by atoms with Gasteiger partial charge in [-0.1, -0.05) is 289 Å². The van der Waals surface area contributed by atoms with Crippen LogP contribution in [-0.2, 0) is 14.3 Å². The Bertz CT molecular complexity index is 1000. The van der Waals surface area contributed by atoms with E-state index in [1.165, 1.54) is 263 Å². The molecule has 2 atom stereocenters. The van der Waals surface area contributed by atoms with Crippen molar-refractivity contribution < 1.29 is 24.5 Å². The van der Waals surface area contributed by atoms with E-state index in [1.54, 1.807) is 0 Å². The van der Waals surface area contributed by atoms with E-state index in [0.29, 0.717) is 25.9 Å². The Hall–Kier alpha value is -1.40. The number of hydrogen-bond donors (Lipinski definition) is 3. The molecule has 0 aromatic rings. The van der Waals surface area contributed by atoms with Gasteiger partial charge in [-0.15, -0.1) is 0 Å². The van der Waals surface area contributed by atoms with Crippen LogP contribution >= 0.6 is 0 Å². The highest BCUT2D eigenvalue weighted by Crippen LogP contribution is 2.18. The van der Waals surface area contributed by atoms with Gasteiger partial charge in [-0.3, -0.25) is 9.59 Å². The number of rotatable bonds is 57. The Morgan fingerprint density at radius 3 is 1.09 bits per heavy atom. The third-order valence-electron chi connectivity index (χ3n) is 14.3. The Morgan fingerprint density at radius 2 is 0.701 bits per heavy atom. The van der Waals surface area contributed by atoms with E-state index in [-0.39, 0.29) is 18.5 Å². The van der Waals surface area contributed by atoms with Gasteiger partial charge in [0.05, 0.1) is 25.4 Å². The summed E-state index contributed by atoms with van der Waals surface area (Å²) in [6, 6.07) is -0.545. The first kappa shape index (κ1) is 65.6. The third-order valence-corrected chi connectivity index (χ3v) is 14.3. The largest absolute Gasteiger partial charge is 0.466 e. The van der Waals surface area contributed by atoms with Crippen LogP contribution in [0.25, 0.3) is 0 Å². The minimum absolute atomic E-state index is 0.00193. The van der Waals surface area contributed by atoms with Crippen LogP contribution in [0.2, 0.25) is 0 Å². The summed E-state index contributed by atoms with van der Waals surface area (Å²) in [7, 11) is 0. The molecule has 0 saturated carbocycles. The number of ether oxygens (including phenoxy) is 1. The first-order chi connectivity index (χ1) is 33.0. The van der Waals surface area contributed by atoms with Crippen molar-refractivity contribution in [3.8, 4) is 0 Å². The van der Waals surface area contributed by atoms with Crippen LogP contribution in [0.4, 0.5) is 0 Å². The molecule has 0 aliphatic carbocycles. The molecule has 398 valence electrons. The van der Waals surface area contributed by atoms with E-state index in [0.717, 1.165) is 44.9 Å². The van der Waals surface area contributed by atoms with Gasteiger partial charge in [0.25, 0.3) is 0 Å². The molecule has 6 heteroatoms. The second-order valence-electron chi connectivity index (χ2n) is 21.0. The molecule has 0 aromatic heterocycles. The molecule has 3 N–H and O–H groups in total. The predicted molar refractivity (Wildman–Crippen MR) is 292 cm³/mol. The zero-order valence-electron chi connectivity index (χ0n) is 45.4. The van der Waals surface area contributed by atoms with Crippen LogP contribution in [-0.4, -0.2) is 47.4 Å². The van der Waals surface area contributed by atoms with Crippen molar-refractivity contribution in [1.29, 1.82) is 0 Å². The lowest BCUT2D eigenvalue weighted by Crippen LogP contribution is -2.45. The number of carbonyl (C=O) groups excluding carboxylic acids is 2. The molecular weight excluding hydrogens is 827 g/mol. The fraction of sp³-hybridized carbons (Fsp3) is 0.934. The molecule has 0 aromatic carbocycles. The van der Waals surface area contributed by atoms with Crippen LogP contribution in [0.1, 0.15) is 341 Å². The van der Waals surface area contributed by atoms with Gasteiger partial charge in [0.1, 0.15) is 0 Å². The second kappa shape index (κ2) is 57.2. The molecule has 0 aliphatic rings. The molecule has 0 fully saturated rings. The fourth-order valence-corrected chi connectivity index (χ4v) is 9.64. The second-order valence-corrected chi connectivity index (χ2v) is 21.0. The maximum atomic E-state index is 12.5. The number of aliphatic hydroxyl groups excluding tert-OH is 2. The van der Waals surface area contributed by atoms with Crippen LogP contribution in [0, 0.1) is 0 Å². The Balaban J connectivity index is 3.41. The van der Waals surface area contributed by atoms with Crippen molar-refractivity contribution >= 4 is 11.9 Å². The summed E-state index contributed by atoms with van der Waals surface area (Å²) in [5.41, 5.74) is 0. The van der Waals surface area contributed by atoms with Crippen LogP contribution in [0.3, 0.4) is 0 Å². The summed E-state index contributed by atoms with van der Waals surface area (Å²) >= 11 is 0. The van der Waals surface area contributed by atoms with Crippen LogP contribution in [0.15, 0.2) is 12.2 Å². The minimum Gasteiger partial charge on any atom is -0.466 e. The van der Waals surface area contributed by atoms with Crippen LogP contribution in [0.5, 0.6) is 0 Å². The van der Waals surface area contributed by atoms with Crippen LogP contribution < -0.4 is 5.32 Å². The maximum Gasteiger partial charge on any atom is 0.305 e.